The molecule has 1 saturated heterocycles. The molecule has 0 unspecified atom stereocenters. The highest BCUT2D eigenvalue weighted by atomic mass is 16.6. The number of cyclic esters (lactones) is 1. The average Bonchev–Trinajstić information content (AvgIpc) is 2.78. The van der Waals surface area contributed by atoms with Gasteiger partial charge < -0.3 is 19.7 Å². The number of ether oxygens (including phenoxy) is 1. The number of aromatic nitrogens is 2. The molecular weight excluding hydrogens is 395 g/mol. The molecule has 3 heterocycles. The number of nitrogens with zero attached hydrogens (tertiary/aromatic N) is 5. The average molecular weight is 422 g/mol. The van der Waals surface area contributed by atoms with Gasteiger partial charge in [0.05, 0.1) is 17.8 Å². The van der Waals surface area contributed by atoms with Crippen molar-refractivity contribution < 1.29 is 14.3 Å². The lowest BCUT2D eigenvalue weighted by Gasteiger charge is -2.33. The Kier molecular flexibility index (Phi) is 6.48. The van der Waals surface area contributed by atoms with Crippen LogP contribution in [-0.4, -0.2) is 72.6 Å². The molecule has 31 heavy (non-hydrogen) atoms. The lowest BCUT2D eigenvalue weighted by molar-refractivity contribution is 0.143. The van der Waals surface area contributed by atoms with Crippen LogP contribution in [0.2, 0.25) is 0 Å². The first kappa shape index (κ1) is 21.3. The molecule has 2 aliphatic heterocycles. The molecule has 0 saturated carbocycles. The van der Waals surface area contributed by atoms with Gasteiger partial charge in [-0.1, -0.05) is 24.3 Å². The number of amides is 1. The summed E-state index contributed by atoms with van der Waals surface area (Å²) in [5, 5.41) is 3.32. The van der Waals surface area contributed by atoms with E-state index >= 15 is 0 Å². The van der Waals surface area contributed by atoms with Gasteiger partial charge in [-0.2, -0.15) is 4.98 Å². The van der Waals surface area contributed by atoms with Crippen LogP contribution in [0.25, 0.3) is 0 Å². The van der Waals surface area contributed by atoms with E-state index in [1.807, 2.05) is 0 Å². The molecule has 1 atom stereocenters. The van der Waals surface area contributed by atoms with Crippen molar-refractivity contribution in [2.45, 2.75) is 26.1 Å². The second kappa shape index (κ2) is 9.44. The van der Waals surface area contributed by atoms with Crippen molar-refractivity contribution in [1.29, 1.82) is 0 Å². The Morgan fingerprint density at radius 2 is 1.97 bits per heavy atom. The number of nitrogens with one attached hydrogen (secondary N) is 1. The fourth-order valence-corrected chi connectivity index (χ4v) is 3.86. The third-order valence-corrected chi connectivity index (χ3v) is 5.81. The highest BCUT2D eigenvalue weighted by Gasteiger charge is 2.25. The summed E-state index contributed by atoms with van der Waals surface area (Å²) in [5.41, 5.74) is 3.19. The number of hydrogen-bond acceptors (Lipinski definition) is 8. The zero-order valence-electron chi connectivity index (χ0n) is 18.0. The van der Waals surface area contributed by atoms with Crippen LogP contribution < -0.4 is 10.2 Å². The third kappa shape index (κ3) is 5.03. The summed E-state index contributed by atoms with van der Waals surface area (Å²) in [6.45, 7) is 6.99. The molecule has 4 rings (SSSR count). The fourth-order valence-electron chi connectivity index (χ4n) is 3.86. The van der Waals surface area contributed by atoms with E-state index in [2.05, 4.69) is 56.2 Å². The molecule has 2 aliphatic rings. The molecule has 1 amide bonds. The van der Waals surface area contributed by atoms with Crippen LogP contribution in [0.5, 0.6) is 0 Å². The van der Waals surface area contributed by atoms with Gasteiger partial charge in [-0.25, -0.2) is 9.78 Å². The molecule has 9 nitrogen and oxygen atoms in total. The molecule has 162 valence electrons. The summed E-state index contributed by atoms with van der Waals surface area (Å²) >= 11 is 0. The minimum Gasteiger partial charge on any atom is -0.444 e. The molecule has 1 aromatic carbocycles. The second-order valence-electron chi connectivity index (χ2n) is 8.01. The molecule has 1 aromatic heterocycles. The minimum absolute atomic E-state index is 0.0137. The van der Waals surface area contributed by atoms with E-state index in [9.17, 15) is 9.59 Å². The highest BCUT2D eigenvalue weighted by Crippen LogP contribution is 2.25. The summed E-state index contributed by atoms with van der Waals surface area (Å²) in [7, 11) is 2.17. The minimum atomic E-state index is -0.411. The summed E-state index contributed by atoms with van der Waals surface area (Å²) in [6.07, 6.45) is 2.26. The van der Waals surface area contributed by atoms with Gasteiger partial charge in [0.15, 0.2) is 0 Å². The van der Waals surface area contributed by atoms with Crippen LogP contribution in [-0.2, 0) is 22.7 Å². The first-order valence-electron chi connectivity index (χ1n) is 10.5. The largest absolute Gasteiger partial charge is 0.444 e. The third-order valence-electron chi connectivity index (χ3n) is 5.81. The maximum absolute atomic E-state index is 11.7. The lowest BCUT2D eigenvalue weighted by Crippen LogP contribution is -2.47. The Hall–Kier alpha value is -2.98. The summed E-state index contributed by atoms with van der Waals surface area (Å²) < 4.78 is 5.06. The van der Waals surface area contributed by atoms with Gasteiger partial charge in [0.2, 0.25) is 5.95 Å². The Morgan fingerprint density at radius 1 is 1.23 bits per heavy atom. The predicted octanol–water partition coefficient (Wildman–Crippen LogP) is 1.40. The van der Waals surface area contributed by atoms with E-state index in [0.29, 0.717) is 19.2 Å². The number of carbonyl (C=O) groups is 2. The maximum atomic E-state index is 11.7. The van der Waals surface area contributed by atoms with Crippen molar-refractivity contribution >= 4 is 31.5 Å². The summed E-state index contributed by atoms with van der Waals surface area (Å²) in [5.74, 6) is 1.05. The monoisotopic (exact) mass is 422 g/mol. The number of rotatable bonds is 7. The van der Waals surface area contributed by atoms with Crippen molar-refractivity contribution in [3.8, 4) is 0 Å². The number of anilines is 2. The fraction of sp³-hybridized carbons (Fsp3) is 0.429. The molecule has 0 bridgehead atoms. The SMILES string of the molecule is C[C@H](Nc1ncc2c(n1)N(C)C(=O)OC2)c1ccc(CN2CCN(BC=O)CC2)cc1. The Balaban J connectivity index is 1.34. The summed E-state index contributed by atoms with van der Waals surface area (Å²) in [6, 6.07) is 8.57. The molecule has 2 aromatic rings. The Morgan fingerprint density at radius 3 is 2.68 bits per heavy atom. The van der Waals surface area contributed by atoms with Crippen molar-refractivity contribution in [2.24, 2.45) is 0 Å². The molecule has 0 aliphatic carbocycles. The van der Waals surface area contributed by atoms with E-state index < -0.39 is 6.09 Å². The van der Waals surface area contributed by atoms with Crippen molar-refractivity contribution in [3.63, 3.8) is 0 Å². The van der Waals surface area contributed by atoms with Gasteiger partial charge >= 0.3 is 6.09 Å². The van der Waals surface area contributed by atoms with Crippen LogP contribution in [0.15, 0.2) is 30.5 Å². The van der Waals surface area contributed by atoms with E-state index in [-0.39, 0.29) is 12.6 Å². The van der Waals surface area contributed by atoms with Gasteiger partial charge in [-0.15, -0.1) is 0 Å². The quantitative estimate of drug-likeness (QED) is 0.529. The molecule has 10 heteroatoms. The molecule has 0 spiro atoms. The zero-order valence-corrected chi connectivity index (χ0v) is 18.0. The second-order valence-corrected chi connectivity index (χ2v) is 8.01. The van der Waals surface area contributed by atoms with E-state index in [0.717, 1.165) is 50.0 Å². The number of piperazine rings is 1. The number of fused-ring (bicyclic) bond motifs is 1. The van der Waals surface area contributed by atoms with E-state index in [4.69, 9.17) is 4.74 Å². The van der Waals surface area contributed by atoms with Crippen LogP contribution in [0.3, 0.4) is 0 Å². The topological polar surface area (TPSA) is 90.9 Å². The molecule has 0 radical (unpaired) electrons. The van der Waals surface area contributed by atoms with Crippen LogP contribution in [0.1, 0.15) is 29.7 Å². The first-order chi connectivity index (χ1) is 15.0. The number of hydrogen-bond donors (Lipinski definition) is 1. The molecule has 1 N–H and O–H groups in total. The Bertz CT molecular complexity index is 933. The van der Waals surface area contributed by atoms with Gasteiger partial charge in [0.25, 0.3) is 7.41 Å². The van der Waals surface area contributed by atoms with Crippen molar-refractivity contribution in [1.82, 2.24) is 19.7 Å². The van der Waals surface area contributed by atoms with Gasteiger partial charge in [0.1, 0.15) is 12.4 Å². The van der Waals surface area contributed by atoms with E-state index in [1.165, 1.54) is 10.5 Å². The predicted molar refractivity (Wildman–Crippen MR) is 120 cm³/mol. The molecule has 1 fully saturated rings. The standard InChI is InChI=1S/C21H27BN6O3/c1-15(24-20-23-11-18-13-31-21(30)26(2)19(18)25-20)17-5-3-16(4-6-17)12-27-7-9-28(10-8-27)22-14-29/h3-6,11,14-15,22H,7-10,12-13H2,1-2H3,(H,23,24,25)/t15-/m0/s1. The Labute approximate surface area is 182 Å². The summed E-state index contributed by atoms with van der Waals surface area (Å²) in [4.78, 5) is 37.2. The normalized spacial score (nSPS) is 18.1. The smallest absolute Gasteiger partial charge is 0.415 e. The van der Waals surface area contributed by atoms with Crippen LogP contribution in [0.4, 0.5) is 16.6 Å². The highest BCUT2D eigenvalue weighted by molar-refractivity contribution is 6.64. The van der Waals surface area contributed by atoms with Gasteiger partial charge in [-0.05, 0) is 18.1 Å². The zero-order chi connectivity index (χ0) is 21.8. The number of carbonyl (C=O) groups excluding carboxylic acids is 2. The lowest BCUT2D eigenvalue weighted by atomic mass is 9.93. The first-order valence-corrected chi connectivity index (χ1v) is 10.5. The van der Waals surface area contributed by atoms with Crippen LogP contribution in [0, 0.1) is 0 Å². The van der Waals surface area contributed by atoms with Gasteiger partial charge in [0, 0.05) is 46.0 Å². The maximum Gasteiger partial charge on any atom is 0.415 e. The van der Waals surface area contributed by atoms with Crippen LogP contribution >= 0.6 is 0 Å². The van der Waals surface area contributed by atoms with Crippen molar-refractivity contribution in [2.75, 3.05) is 43.4 Å². The van der Waals surface area contributed by atoms with Crippen molar-refractivity contribution in [3.05, 3.63) is 47.2 Å². The van der Waals surface area contributed by atoms with E-state index in [1.54, 1.807) is 13.2 Å². The molecular formula is C21H27BN6O3. The van der Waals surface area contributed by atoms with Gasteiger partial charge in [-0.3, -0.25) is 9.80 Å². The number of benzene rings is 1.